The first-order valence-electron chi connectivity index (χ1n) is 12.0. The van der Waals surface area contributed by atoms with Crippen molar-refractivity contribution in [2.24, 2.45) is 0 Å². The quantitative estimate of drug-likeness (QED) is 0.652. The maximum atomic E-state index is 13.3. The molecule has 0 spiro atoms. The lowest BCUT2D eigenvalue weighted by molar-refractivity contribution is -0.0211. The number of carbonyl (C=O) groups excluding carboxylic acids is 2. The minimum atomic E-state index is -0.491. The Morgan fingerprint density at radius 3 is 2.58 bits per heavy atom. The maximum absolute atomic E-state index is 13.3. The number of hydrogen-bond donors (Lipinski definition) is 0. The van der Waals surface area contributed by atoms with Crippen LogP contribution in [0.5, 0.6) is 5.75 Å². The van der Waals surface area contributed by atoms with Crippen molar-refractivity contribution in [3.8, 4) is 5.75 Å². The molecule has 0 radical (unpaired) electrons. The molecule has 0 bridgehead atoms. The summed E-state index contributed by atoms with van der Waals surface area (Å²) in [6, 6.07) is 10.3. The fourth-order valence-corrected chi connectivity index (χ4v) is 5.36. The van der Waals surface area contributed by atoms with Crippen molar-refractivity contribution in [2.45, 2.75) is 64.7 Å². The van der Waals surface area contributed by atoms with Crippen LogP contribution in [0, 0.1) is 0 Å². The Morgan fingerprint density at radius 1 is 1.09 bits per heavy atom. The van der Waals surface area contributed by atoms with Gasteiger partial charge in [-0.25, -0.2) is 0 Å². The Morgan fingerprint density at radius 2 is 1.85 bits per heavy atom. The van der Waals surface area contributed by atoms with Crippen LogP contribution in [0.4, 0.5) is 0 Å². The Labute approximate surface area is 194 Å². The lowest BCUT2D eigenvalue weighted by atomic mass is 10.0. The van der Waals surface area contributed by atoms with Gasteiger partial charge in [0.25, 0.3) is 5.91 Å². The third-order valence-corrected chi connectivity index (χ3v) is 6.92. The van der Waals surface area contributed by atoms with E-state index in [1.54, 1.807) is 10.8 Å². The van der Waals surface area contributed by atoms with E-state index in [2.05, 4.69) is 4.90 Å². The second-order valence-corrected chi connectivity index (χ2v) is 8.62. The second kappa shape index (κ2) is 9.91. The Bertz CT molecular complexity index is 1080. The SMILES string of the molecule is CC.COc1c2n(cc(C(=O)CCc3ccccc3)c1=O)C[C@H]1N(CC[C@H]3CCCN31)C2=O. The van der Waals surface area contributed by atoms with E-state index in [1.807, 2.05) is 49.1 Å². The summed E-state index contributed by atoms with van der Waals surface area (Å²) in [4.78, 5) is 43.7. The summed E-state index contributed by atoms with van der Waals surface area (Å²) < 4.78 is 7.17. The summed E-state index contributed by atoms with van der Waals surface area (Å²) in [6.45, 7) is 6.22. The molecule has 3 aliphatic heterocycles. The Balaban J connectivity index is 0.00000126. The monoisotopic (exact) mass is 451 g/mol. The van der Waals surface area contributed by atoms with E-state index in [0.717, 1.165) is 24.9 Å². The number of hydrogen-bond acceptors (Lipinski definition) is 5. The molecule has 2 aromatic rings. The minimum absolute atomic E-state index is 0.0162. The highest BCUT2D eigenvalue weighted by atomic mass is 16.5. The number of carbonyl (C=O) groups is 2. The molecule has 2 fully saturated rings. The average Bonchev–Trinajstić information content (AvgIpc) is 3.34. The number of methoxy groups -OCH3 is 1. The Hall–Kier alpha value is -2.93. The van der Waals surface area contributed by atoms with E-state index in [9.17, 15) is 14.4 Å². The van der Waals surface area contributed by atoms with Gasteiger partial charge in [0, 0.05) is 31.7 Å². The van der Waals surface area contributed by atoms with Gasteiger partial charge in [-0.15, -0.1) is 0 Å². The van der Waals surface area contributed by atoms with Gasteiger partial charge >= 0.3 is 0 Å². The number of aromatic nitrogens is 1. The van der Waals surface area contributed by atoms with Crippen molar-refractivity contribution in [1.82, 2.24) is 14.4 Å². The highest BCUT2D eigenvalue weighted by molar-refractivity contribution is 6.00. The van der Waals surface area contributed by atoms with E-state index in [0.29, 0.717) is 25.6 Å². The minimum Gasteiger partial charge on any atom is -0.491 e. The number of pyridine rings is 1. The van der Waals surface area contributed by atoms with Gasteiger partial charge in [0.15, 0.2) is 17.2 Å². The van der Waals surface area contributed by atoms with Crippen LogP contribution < -0.4 is 10.2 Å². The number of nitrogens with zero attached hydrogens (tertiary/aromatic N) is 3. The van der Waals surface area contributed by atoms with E-state index >= 15 is 0 Å². The van der Waals surface area contributed by atoms with Crippen molar-refractivity contribution < 1.29 is 14.3 Å². The molecule has 1 amide bonds. The van der Waals surface area contributed by atoms with E-state index < -0.39 is 5.43 Å². The lowest BCUT2D eigenvalue weighted by Crippen LogP contribution is -2.62. The molecule has 2 saturated heterocycles. The predicted molar refractivity (Wildman–Crippen MR) is 127 cm³/mol. The summed E-state index contributed by atoms with van der Waals surface area (Å²) in [6.07, 6.45) is 5.64. The number of fused-ring (bicyclic) bond motifs is 4. The number of aryl methyl sites for hydroxylation is 1. The summed E-state index contributed by atoms with van der Waals surface area (Å²) in [5.74, 6) is -0.420. The van der Waals surface area contributed by atoms with E-state index in [1.165, 1.54) is 13.5 Å². The molecule has 33 heavy (non-hydrogen) atoms. The molecule has 176 valence electrons. The first-order valence-corrected chi connectivity index (χ1v) is 12.0. The van der Waals surface area contributed by atoms with Crippen LogP contribution >= 0.6 is 0 Å². The average molecular weight is 452 g/mol. The zero-order chi connectivity index (χ0) is 23.5. The molecule has 1 aromatic heterocycles. The number of ether oxygens (including phenoxy) is 1. The van der Waals surface area contributed by atoms with Gasteiger partial charge < -0.3 is 14.2 Å². The van der Waals surface area contributed by atoms with Crippen LogP contribution in [0.3, 0.4) is 0 Å². The van der Waals surface area contributed by atoms with E-state index in [-0.39, 0.29) is 41.3 Å². The first-order chi connectivity index (χ1) is 16.1. The molecule has 7 nitrogen and oxygen atoms in total. The van der Waals surface area contributed by atoms with Gasteiger partial charge in [0.2, 0.25) is 5.43 Å². The summed E-state index contributed by atoms with van der Waals surface area (Å²) in [7, 11) is 1.39. The number of benzene rings is 1. The molecular formula is C26H33N3O4. The lowest BCUT2D eigenvalue weighted by Gasteiger charge is -2.48. The smallest absolute Gasteiger partial charge is 0.275 e. The van der Waals surface area contributed by atoms with Crippen LogP contribution in [0.15, 0.2) is 41.3 Å². The molecule has 5 rings (SSSR count). The van der Waals surface area contributed by atoms with Gasteiger partial charge in [-0.3, -0.25) is 19.3 Å². The molecule has 1 aromatic carbocycles. The third-order valence-electron chi connectivity index (χ3n) is 6.92. The molecule has 2 atom stereocenters. The zero-order valence-electron chi connectivity index (χ0n) is 19.8. The van der Waals surface area contributed by atoms with Crippen molar-refractivity contribution in [2.75, 3.05) is 20.2 Å². The maximum Gasteiger partial charge on any atom is 0.275 e. The first kappa shape index (κ1) is 23.2. The fraction of sp³-hybridized carbons (Fsp3) is 0.500. The van der Waals surface area contributed by atoms with Gasteiger partial charge in [-0.05, 0) is 31.2 Å². The highest BCUT2D eigenvalue weighted by Crippen LogP contribution is 2.34. The predicted octanol–water partition coefficient (Wildman–Crippen LogP) is 3.35. The zero-order valence-corrected chi connectivity index (χ0v) is 19.8. The van der Waals surface area contributed by atoms with Crippen LogP contribution in [0.25, 0.3) is 0 Å². The van der Waals surface area contributed by atoms with Crippen molar-refractivity contribution in [3.05, 3.63) is 63.6 Å². The molecule has 0 aliphatic carbocycles. The number of ketones is 1. The highest BCUT2D eigenvalue weighted by Gasteiger charge is 2.45. The summed E-state index contributed by atoms with van der Waals surface area (Å²) in [5, 5.41) is 0. The van der Waals surface area contributed by atoms with Crippen LogP contribution in [0.2, 0.25) is 0 Å². The van der Waals surface area contributed by atoms with E-state index in [4.69, 9.17) is 4.74 Å². The fourth-order valence-electron chi connectivity index (χ4n) is 5.36. The third kappa shape index (κ3) is 4.22. The normalized spacial score (nSPS) is 21.4. The van der Waals surface area contributed by atoms with Crippen molar-refractivity contribution >= 4 is 11.7 Å². The van der Waals surface area contributed by atoms with Crippen molar-refractivity contribution in [3.63, 3.8) is 0 Å². The van der Waals surface area contributed by atoms with Gasteiger partial charge in [0.05, 0.1) is 19.2 Å². The van der Waals surface area contributed by atoms with Crippen molar-refractivity contribution in [1.29, 1.82) is 0 Å². The van der Waals surface area contributed by atoms with Gasteiger partial charge in [-0.2, -0.15) is 0 Å². The summed E-state index contributed by atoms with van der Waals surface area (Å²) in [5.41, 5.74) is 0.927. The molecule has 0 saturated carbocycles. The molecule has 4 heterocycles. The van der Waals surface area contributed by atoms with Gasteiger partial charge in [-0.1, -0.05) is 44.2 Å². The Kier molecular flexibility index (Phi) is 6.98. The standard InChI is InChI=1S/C24H27N3O4.C2H6/c1-31-23-21-24(30)27-13-11-17-8-5-12-26(17)20(27)15-25(21)14-18(22(23)29)19(28)10-9-16-6-3-2-4-7-16;1-2/h2-4,6-7,14,17,20H,5,8-13,15H2,1H3;1-2H3/t17-,20-;/m1./s1. The molecular weight excluding hydrogens is 418 g/mol. The molecule has 0 unspecified atom stereocenters. The second-order valence-electron chi connectivity index (χ2n) is 8.62. The molecule has 7 heteroatoms. The number of Topliss-reactive ketones (excluding diaryl/α,β-unsaturated/α-hetero) is 1. The number of amides is 1. The van der Waals surface area contributed by atoms with Crippen LogP contribution in [0.1, 0.15) is 65.9 Å². The molecule has 0 N–H and O–H groups in total. The van der Waals surface area contributed by atoms with Gasteiger partial charge in [0.1, 0.15) is 6.17 Å². The molecule has 3 aliphatic rings. The largest absolute Gasteiger partial charge is 0.491 e. The summed E-state index contributed by atoms with van der Waals surface area (Å²) >= 11 is 0. The van der Waals surface area contributed by atoms with Crippen LogP contribution in [-0.4, -0.2) is 58.5 Å². The topological polar surface area (TPSA) is 71.8 Å². The van der Waals surface area contributed by atoms with Crippen LogP contribution in [-0.2, 0) is 13.0 Å². The number of rotatable bonds is 5.